The summed E-state index contributed by atoms with van der Waals surface area (Å²) in [6.07, 6.45) is 0. The molecule has 0 fully saturated rings. The molecule has 0 saturated carbocycles. The second kappa shape index (κ2) is 5.15. The van der Waals surface area contributed by atoms with E-state index in [0.717, 1.165) is 5.56 Å². The molecule has 0 unspecified atom stereocenters. The van der Waals surface area contributed by atoms with Gasteiger partial charge in [-0.3, -0.25) is 4.79 Å². The summed E-state index contributed by atoms with van der Waals surface area (Å²) in [5.74, 6) is -0.00912. The van der Waals surface area contributed by atoms with E-state index in [1.165, 1.54) is 6.92 Å². The van der Waals surface area contributed by atoms with E-state index in [1.807, 2.05) is 37.3 Å². The van der Waals surface area contributed by atoms with Gasteiger partial charge in [0.15, 0.2) is 0 Å². The van der Waals surface area contributed by atoms with Gasteiger partial charge in [-0.05, 0) is 5.56 Å². The molecular weight excluding hydrogens is 242 g/mol. The third-order valence-electron chi connectivity index (χ3n) is 1.98. The van der Waals surface area contributed by atoms with Crippen LogP contribution < -0.4 is 5.32 Å². The minimum atomic E-state index is -0.00912. The summed E-state index contributed by atoms with van der Waals surface area (Å²) in [5.41, 5.74) is 1.12. The Hall–Kier alpha value is -0.830. The highest BCUT2D eigenvalue weighted by atomic mass is 79.9. The summed E-state index contributed by atoms with van der Waals surface area (Å²) in [6, 6.07) is 9.97. The van der Waals surface area contributed by atoms with Gasteiger partial charge in [-0.25, -0.2) is 0 Å². The van der Waals surface area contributed by atoms with E-state index in [2.05, 4.69) is 21.2 Å². The zero-order chi connectivity index (χ0) is 10.6. The summed E-state index contributed by atoms with van der Waals surface area (Å²) < 4.78 is 0. The molecule has 1 N–H and O–H groups in total. The van der Waals surface area contributed by atoms with Crippen LogP contribution in [0.1, 0.15) is 25.5 Å². The van der Waals surface area contributed by atoms with Crippen molar-refractivity contribution >= 4 is 21.8 Å². The number of nitrogens with one attached hydrogen (secondary N) is 1. The van der Waals surface area contributed by atoms with Gasteiger partial charge in [-0.1, -0.05) is 53.2 Å². The van der Waals surface area contributed by atoms with Gasteiger partial charge < -0.3 is 5.32 Å². The van der Waals surface area contributed by atoms with Crippen LogP contribution in [0.4, 0.5) is 0 Å². The molecule has 0 aliphatic rings. The molecule has 1 aromatic rings. The van der Waals surface area contributed by atoms with Gasteiger partial charge in [0.2, 0.25) is 5.91 Å². The Labute approximate surface area is 92.8 Å². The van der Waals surface area contributed by atoms with Gasteiger partial charge in [0, 0.05) is 11.8 Å². The topological polar surface area (TPSA) is 29.1 Å². The van der Waals surface area contributed by atoms with E-state index < -0.39 is 0 Å². The van der Waals surface area contributed by atoms with Crippen molar-refractivity contribution in [1.29, 1.82) is 0 Å². The molecule has 1 amide bonds. The Morgan fingerprint density at radius 3 is 2.36 bits per heavy atom. The minimum absolute atomic E-state index is 0.00912. The number of alkyl halides is 1. The number of carbonyl (C=O) groups excluding carboxylic acids is 1. The lowest BCUT2D eigenvalue weighted by Gasteiger charge is -2.20. The van der Waals surface area contributed by atoms with Crippen LogP contribution in [-0.2, 0) is 4.79 Å². The second-order valence-corrected chi connectivity index (χ2v) is 4.71. The lowest BCUT2D eigenvalue weighted by atomic mass is 10.0. The van der Waals surface area contributed by atoms with E-state index in [9.17, 15) is 4.79 Å². The van der Waals surface area contributed by atoms with E-state index in [-0.39, 0.29) is 16.8 Å². The summed E-state index contributed by atoms with van der Waals surface area (Å²) in [5, 5.41) is 2.91. The molecule has 0 spiro atoms. The summed E-state index contributed by atoms with van der Waals surface area (Å²) >= 11 is 3.49. The normalized spacial score (nSPS) is 14.5. The zero-order valence-corrected chi connectivity index (χ0v) is 9.91. The number of rotatable bonds is 3. The number of halogens is 1. The predicted octanol–water partition coefficient (Wildman–Crippen LogP) is 2.65. The van der Waals surface area contributed by atoms with Crippen LogP contribution in [0.25, 0.3) is 0 Å². The van der Waals surface area contributed by atoms with Gasteiger partial charge in [0.1, 0.15) is 0 Å². The third-order valence-corrected chi connectivity index (χ3v) is 2.51. The molecule has 1 rings (SSSR count). The second-order valence-electron chi connectivity index (χ2n) is 3.27. The van der Waals surface area contributed by atoms with Crippen molar-refractivity contribution in [3.63, 3.8) is 0 Å². The third kappa shape index (κ3) is 3.14. The monoisotopic (exact) mass is 255 g/mol. The van der Waals surface area contributed by atoms with Crippen LogP contribution in [0.2, 0.25) is 0 Å². The van der Waals surface area contributed by atoms with Crippen molar-refractivity contribution in [3.05, 3.63) is 35.9 Å². The van der Waals surface area contributed by atoms with Crippen LogP contribution in [0.15, 0.2) is 30.3 Å². The molecule has 14 heavy (non-hydrogen) atoms. The Kier molecular flexibility index (Phi) is 4.14. The highest BCUT2D eigenvalue weighted by Gasteiger charge is 2.16. The van der Waals surface area contributed by atoms with E-state index in [0.29, 0.717) is 0 Å². The Balaban J connectivity index is 2.83. The molecule has 0 radical (unpaired) electrons. The maximum atomic E-state index is 11.0. The molecular formula is C11H14BrNO. The van der Waals surface area contributed by atoms with Crippen molar-refractivity contribution in [1.82, 2.24) is 5.32 Å². The number of benzene rings is 1. The van der Waals surface area contributed by atoms with Crippen molar-refractivity contribution in [2.24, 2.45) is 0 Å². The zero-order valence-electron chi connectivity index (χ0n) is 8.33. The molecule has 2 atom stereocenters. The first kappa shape index (κ1) is 11.2. The molecule has 0 aliphatic carbocycles. The van der Waals surface area contributed by atoms with Crippen LogP contribution in [0, 0.1) is 0 Å². The fourth-order valence-corrected chi connectivity index (χ4v) is 1.78. The molecule has 0 heterocycles. The van der Waals surface area contributed by atoms with Crippen LogP contribution in [-0.4, -0.2) is 10.7 Å². The fraction of sp³-hybridized carbons (Fsp3) is 0.364. The summed E-state index contributed by atoms with van der Waals surface area (Å²) in [4.78, 5) is 11.2. The molecule has 1 aromatic carbocycles. The van der Waals surface area contributed by atoms with Crippen LogP contribution >= 0.6 is 15.9 Å². The first-order valence-corrected chi connectivity index (χ1v) is 5.49. The summed E-state index contributed by atoms with van der Waals surface area (Å²) in [7, 11) is 0. The molecule has 0 aliphatic heterocycles. The van der Waals surface area contributed by atoms with E-state index in [4.69, 9.17) is 0 Å². The maximum Gasteiger partial charge on any atom is 0.217 e. The van der Waals surface area contributed by atoms with Gasteiger partial charge in [0.25, 0.3) is 0 Å². The number of hydrogen-bond acceptors (Lipinski definition) is 1. The average molecular weight is 256 g/mol. The quantitative estimate of drug-likeness (QED) is 0.827. The van der Waals surface area contributed by atoms with Crippen molar-refractivity contribution in [2.75, 3.05) is 0 Å². The molecule has 2 nitrogen and oxygen atoms in total. The first-order valence-electron chi connectivity index (χ1n) is 4.57. The summed E-state index contributed by atoms with van der Waals surface area (Å²) in [6.45, 7) is 3.55. The Morgan fingerprint density at radius 2 is 1.93 bits per heavy atom. The lowest BCUT2D eigenvalue weighted by molar-refractivity contribution is -0.119. The SMILES string of the molecule is CC(=O)N[C@H](c1ccccc1)[C@H](C)Br. The van der Waals surface area contributed by atoms with Gasteiger partial charge in [0.05, 0.1) is 6.04 Å². The first-order chi connectivity index (χ1) is 6.61. The number of amides is 1. The molecule has 76 valence electrons. The van der Waals surface area contributed by atoms with Crippen molar-refractivity contribution < 1.29 is 4.79 Å². The lowest BCUT2D eigenvalue weighted by Crippen LogP contribution is -2.30. The van der Waals surface area contributed by atoms with Crippen molar-refractivity contribution in [3.8, 4) is 0 Å². The van der Waals surface area contributed by atoms with Gasteiger partial charge in [-0.2, -0.15) is 0 Å². The van der Waals surface area contributed by atoms with Crippen molar-refractivity contribution in [2.45, 2.75) is 24.7 Å². The number of carbonyl (C=O) groups is 1. The minimum Gasteiger partial charge on any atom is -0.348 e. The van der Waals surface area contributed by atoms with Crippen LogP contribution in [0.5, 0.6) is 0 Å². The largest absolute Gasteiger partial charge is 0.348 e. The van der Waals surface area contributed by atoms with Gasteiger partial charge >= 0.3 is 0 Å². The molecule has 0 saturated heterocycles. The Bertz CT molecular complexity index is 297. The van der Waals surface area contributed by atoms with Gasteiger partial charge in [-0.15, -0.1) is 0 Å². The highest BCUT2D eigenvalue weighted by molar-refractivity contribution is 9.09. The predicted molar refractivity (Wildman–Crippen MR) is 61.4 cm³/mol. The number of hydrogen-bond donors (Lipinski definition) is 1. The molecule has 0 aromatic heterocycles. The smallest absolute Gasteiger partial charge is 0.217 e. The highest BCUT2D eigenvalue weighted by Crippen LogP contribution is 2.21. The molecule has 0 bridgehead atoms. The Morgan fingerprint density at radius 1 is 1.36 bits per heavy atom. The van der Waals surface area contributed by atoms with E-state index >= 15 is 0 Å². The van der Waals surface area contributed by atoms with E-state index in [1.54, 1.807) is 0 Å². The van der Waals surface area contributed by atoms with Crippen LogP contribution in [0.3, 0.4) is 0 Å². The maximum absolute atomic E-state index is 11.0. The average Bonchev–Trinajstić information content (AvgIpc) is 2.15. The standard InChI is InChI=1S/C11H14BrNO/c1-8(12)11(13-9(2)14)10-6-4-3-5-7-10/h3-8,11H,1-2H3,(H,13,14)/t8-,11-/m0/s1. The molecule has 3 heteroatoms. The fourth-order valence-electron chi connectivity index (χ4n) is 1.34.